The summed E-state index contributed by atoms with van der Waals surface area (Å²) in [5.74, 6) is 0.627. The number of nitrogens with two attached hydrogens (primary N) is 1. The van der Waals surface area contributed by atoms with Crippen molar-refractivity contribution < 1.29 is 4.21 Å². The van der Waals surface area contributed by atoms with E-state index in [1.165, 1.54) is 10.9 Å². The van der Waals surface area contributed by atoms with Crippen LogP contribution in [0, 0.1) is 0 Å². The molecule has 21 heavy (non-hydrogen) atoms. The van der Waals surface area contributed by atoms with E-state index in [1.807, 2.05) is 54.6 Å². The van der Waals surface area contributed by atoms with E-state index in [0.29, 0.717) is 5.75 Å². The molecule has 0 amide bonds. The van der Waals surface area contributed by atoms with E-state index in [-0.39, 0.29) is 0 Å². The van der Waals surface area contributed by atoms with Gasteiger partial charge in [0.15, 0.2) is 0 Å². The third kappa shape index (κ3) is 3.31. The predicted molar refractivity (Wildman–Crippen MR) is 89.8 cm³/mol. The topological polar surface area (TPSA) is 43.1 Å². The van der Waals surface area contributed by atoms with Crippen molar-refractivity contribution in [2.24, 2.45) is 0 Å². The van der Waals surface area contributed by atoms with Gasteiger partial charge in [-0.3, -0.25) is 4.21 Å². The molecule has 3 aromatic carbocycles. The second kappa shape index (κ2) is 6.10. The van der Waals surface area contributed by atoms with Crippen molar-refractivity contribution in [2.75, 3.05) is 11.5 Å². The minimum atomic E-state index is -0.977. The molecule has 0 bridgehead atoms. The van der Waals surface area contributed by atoms with Crippen LogP contribution in [-0.2, 0) is 17.2 Å². The van der Waals surface area contributed by atoms with Gasteiger partial charge < -0.3 is 5.73 Å². The Bertz CT molecular complexity index is 781. The zero-order valence-electron chi connectivity index (χ0n) is 11.7. The molecule has 0 aliphatic carbocycles. The summed E-state index contributed by atoms with van der Waals surface area (Å²) in [6.07, 6.45) is 0.791. The summed E-state index contributed by atoms with van der Waals surface area (Å²) in [6.45, 7) is 0. The van der Waals surface area contributed by atoms with Crippen LogP contribution in [0.2, 0.25) is 0 Å². The standard InChI is InChI=1S/C18H17NOS/c19-17-8-5-14(6-9-17)11-12-21(20)18-10-7-15-3-1-2-4-16(15)13-18/h1-10,13H,11-12,19H2. The summed E-state index contributed by atoms with van der Waals surface area (Å²) in [7, 11) is -0.977. The number of aryl methyl sites for hydroxylation is 1. The highest BCUT2D eigenvalue weighted by Crippen LogP contribution is 2.18. The molecule has 0 aromatic heterocycles. The average molecular weight is 295 g/mol. The monoisotopic (exact) mass is 295 g/mol. The minimum Gasteiger partial charge on any atom is -0.399 e. The molecule has 0 fully saturated rings. The van der Waals surface area contributed by atoms with Crippen molar-refractivity contribution in [1.82, 2.24) is 0 Å². The lowest BCUT2D eigenvalue weighted by Gasteiger charge is -2.05. The third-order valence-electron chi connectivity index (χ3n) is 3.54. The van der Waals surface area contributed by atoms with E-state index in [9.17, 15) is 4.21 Å². The lowest BCUT2D eigenvalue weighted by atomic mass is 10.1. The van der Waals surface area contributed by atoms with Crippen LogP contribution in [0.5, 0.6) is 0 Å². The Morgan fingerprint density at radius 3 is 2.33 bits per heavy atom. The zero-order valence-corrected chi connectivity index (χ0v) is 12.5. The molecule has 2 N–H and O–H groups in total. The smallest absolute Gasteiger partial charge is 0.0533 e. The van der Waals surface area contributed by atoms with Crippen molar-refractivity contribution in [1.29, 1.82) is 0 Å². The fourth-order valence-electron chi connectivity index (χ4n) is 2.32. The van der Waals surface area contributed by atoms with E-state index in [1.54, 1.807) is 0 Å². The van der Waals surface area contributed by atoms with Crippen molar-refractivity contribution >= 4 is 27.3 Å². The first-order valence-corrected chi connectivity index (χ1v) is 8.26. The number of anilines is 1. The maximum absolute atomic E-state index is 12.4. The fraction of sp³-hybridized carbons (Fsp3) is 0.111. The van der Waals surface area contributed by atoms with Crippen LogP contribution in [0.4, 0.5) is 5.69 Å². The highest BCUT2D eigenvalue weighted by atomic mass is 32.2. The van der Waals surface area contributed by atoms with Crippen LogP contribution in [0.1, 0.15) is 5.56 Å². The van der Waals surface area contributed by atoms with E-state index >= 15 is 0 Å². The number of fused-ring (bicyclic) bond motifs is 1. The van der Waals surface area contributed by atoms with Gasteiger partial charge in [0.05, 0.1) is 10.8 Å². The molecule has 0 spiro atoms. The van der Waals surface area contributed by atoms with E-state index in [4.69, 9.17) is 5.73 Å². The highest BCUT2D eigenvalue weighted by Gasteiger charge is 2.05. The lowest BCUT2D eigenvalue weighted by Crippen LogP contribution is -2.01. The van der Waals surface area contributed by atoms with E-state index in [2.05, 4.69) is 12.1 Å². The van der Waals surface area contributed by atoms with Gasteiger partial charge in [0.1, 0.15) is 0 Å². The fourth-order valence-corrected chi connectivity index (χ4v) is 3.46. The Balaban J connectivity index is 1.73. The average Bonchev–Trinajstić information content (AvgIpc) is 2.53. The van der Waals surface area contributed by atoms with Crippen LogP contribution in [0.25, 0.3) is 10.8 Å². The first-order chi connectivity index (χ1) is 10.2. The molecule has 0 saturated heterocycles. The number of hydrogen-bond acceptors (Lipinski definition) is 2. The first kappa shape index (κ1) is 13.8. The third-order valence-corrected chi connectivity index (χ3v) is 4.89. The summed E-state index contributed by atoms with van der Waals surface area (Å²) in [5, 5.41) is 2.31. The van der Waals surface area contributed by atoms with E-state index in [0.717, 1.165) is 22.4 Å². The molecule has 0 saturated carbocycles. The quantitative estimate of drug-likeness (QED) is 0.744. The summed E-state index contributed by atoms with van der Waals surface area (Å²) in [5.41, 5.74) is 7.59. The molecule has 3 rings (SSSR count). The number of benzene rings is 3. The molecule has 2 nitrogen and oxygen atoms in total. The molecule has 1 unspecified atom stereocenters. The summed E-state index contributed by atoms with van der Waals surface area (Å²) >= 11 is 0. The molecule has 0 aliphatic heterocycles. The number of hydrogen-bond donors (Lipinski definition) is 1. The maximum Gasteiger partial charge on any atom is 0.0533 e. The maximum atomic E-state index is 12.4. The molecule has 0 heterocycles. The molecular weight excluding hydrogens is 278 g/mol. The van der Waals surface area contributed by atoms with Gasteiger partial charge >= 0.3 is 0 Å². The van der Waals surface area contributed by atoms with Crippen molar-refractivity contribution in [3.8, 4) is 0 Å². The van der Waals surface area contributed by atoms with Crippen molar-refractivity contribution in [2.45, 2.75) is 11.3 Å². The number of nitrogen functional groups attached to an aromatic ring is 1. The Kier molecular flexibility index (Phi) is 4.02. The molecular formula is C18H17NOS. The van der Waals surface area contributed by atoms with Gasteiger partial charge in [0.2, 0.25) is 0 Å². The van der Waals surface area contributed by atoms with Crippen molar-refractivity contribution in [3.05, 3.63) is 72.3 Å². The molecule has 1 atom stereocenters. The zero-order chi connectivity index (χ0) is 14.7. The summed E-state index contributed by atoms with van der Waals surface area (Å²) in [4.78, 5) is 0.893. The second-order valence-corrected chi connectivity index (χ2v) is 6.62. The predicted octanol–water partition coefficient (Wildman–Crippen LogP) is 3.77. The Morgan fingerprint density at radius 1 is 0.857 bits per heavy atom. The van der Waals surface area contributed by atoms with E-state index < -0.39 is 10.8 Å². The van der Waals surface area contributed by atoms with Crippen LogP contribution < -0.4 is 5.73 Å². The lowest BCUT2D eigenvalue weighted by molar-refractivity contribution is 0.682. The molecule has 3 heteroatoms. The second-order valence-electron chi connectivity index (χ2n) is 5.05. The Morgan fingerprint density at radius 2 is 1.57 bits per heavy atom. The largest absolute Gasteiger partial charge is 0.399 e. The van der Waals surface area contributed by atoms with Crippen LogP contribution in [0.15, 0.2) is 71.6 Å². The molecule has 3 aromatic rings. The highest BCUT2D eigenvalue weighted by molar-refractivity contribution is 7.85. The van der Waals surface area contributed by atoms with Crippen molar-refractivity contribution in [3.63, 3.8) is 0 Å². The van der Waals surface area contributed by atoms with Crippen LogP contribution in [-0.4, -0.2) is 9.96 Å². The Hall–Kier alpha value is -2.13. The first-order valence-electron chi connectivity index (χ1n) is 6.94. The van der Waals surface area contributed by atoms with Crippen LogP contribution in [0.3, 0.4) is 0 Å². The molecule has 0 aliphatic rings. The van der Waals surface area contributed by atoms with Gasteiger partial charge in [-0.1, -0.05) is 42.5 Å². The number of rotatable bonds is 4. The Labute approximate surface area is 127 Å². The van der Waals surface area contributed by atoms with Gasteiger partial charge in [-0.05, 0) is 47.0 Å². The van der Waals surface area contributed by atoms with Gasteiger partial charge in [0.25, 0.3) is 0 Å². The van der Waals surface area contributed by atoms with Gasteiger partial charge in [-0.15, -0.1) is 0 Å². The normalized spacial score (nSPS) is 12.4. The van der Waals surface area contributed by atoms with Gasteiger partial charge in [-0.25, -0.2) is 0 Å². The van der Waals surface area contributed by atoms with Gasteiger partial charge in [0, 0.05) is 16.3 Å². The minimum absolute atomic E-state index is 0.627. The summed E-state index contributed by atoms with van der Waals surface area (Å²) in [6, 6.07) is 21.9. The SMILES string of the molecule is Nc1ccc(CCS(=O)c2ccc3ccccc3c2)cc1. The van der Waals surface area contributed by atoms with Gasteiger partial charge in [-0.2, -0.15) is 0 Å². The summed E-state index contributed by atoms with van der Waals surface area (Å²) < 4.78 is 12.4. The molecule has 106 valence electrons. The molecule has 0 radical (unpaired) electrons. The van der Waals surface area contributed by atoms with Crippen LogP contribution >= 0.6 is 0 Å².